The van der Waals surface area contributed by atoms with E-state index in [2.05, 4.69) is 13.8 Å². The molecule has 2 aromatic rings. The highest BCUT2D eigenvalue weighted by atomic mass is 16.7. The highest BCUT2D eigenvalue weighted by molar-refractivity contribution is 6.71. The molecular formula is C43H64B2N2O9. The van der Waals surface area contributed by atoms with Crippen molar-refractivity contribution in [3.63, 3.8) is 0 Å². The summed E-state index contributed by atoms with van der Waals surface area (Å²) in [5.74, 6) is 1.75. The molecular weight excluding hydrogens is 710 g/mol. The van der Waals surface area contributed by atoms with Crippen LogP contribution in [0.5, 0.6) is 0 Å². The van der Waals surface area contributed by atoms with Gasteiger partial charge in [0.2, 0.25) is 0 Å². The average Bonchev–Trinajstić information content (AvgIpc) is 3.68. The number of carbonyl (C=O) groups is 4. The molecule has 0 spiro atoms. The summed E-state index contributed by atoms with van der Waals surface area (Å²) in [6.07, 6.45) is 13.7. The number of hydrogen-bond donors (Lipinski definition) is 0. The fourth-order valence-electron chi connectivity index (χ4n) is 11.1. The van der Waals surface area contributed by atoms with Gasteiger partial charge in [0.25, 0.3) is 0 Å². The molecule has 0 N–H and O–H groups in total. The molecule has 2 unspecified atom stereocenters. The molecule has 7 aliphatic rings. The van der Waals surface area contributed by atoms with Crippen LogP contribution in [0.15, 0.2) is 66.6 Å². The van der Waals surface area contributed by atoms with E-state index in [-0.39, 0.29) is 96.5 Å². The van der Waals surface area contributed by atoms with Gasteiger partial charge in [0.15, 0.2) is 0 Å². The van der Waals surface area contributed by atoms with Crippen molar-refractivity contribution in [3.8, 4) is 0 Å². The third kappa shape index (κ3) is 7.35. The van der Waals surface area contributed by atoms with Gasteiger partial charge in [0.05, 0.1) is 18.2 Å². The molecule has 5 heterocycles. The largest absolute Gasteiger partial charge is 0.615 e. The lowest BCUT2D eigenvalue weighted by atomic mass is 9.60. The number of fused-ring (bicyclic) bond motifs is 2. The molecule has 7 fully saturated rings. The molecule has 2 aromatic carbocycles. The van der Waals surface area contributed by atoms with Crippen molar-refractivity contribution in [1.82, 2.24) is 0 Å². The van der Waals surface area contributed by atoms with Gasteiger partial charge in [-0.3, -0.25) is 19.2 Å². The van der Waals surface area contributed by atoms with E-state index in [1.807, 2.05) is 72.7 Å². The summed E-state index contributed by atoms with van der Waals surface area (Å²) in [6.45, 7) is 0.906. The van der Waals surface area contributed by atoms with Crippen LogP contribution in [-0.4, -0.2) is 90.3 Å². The van der Waals surface area contributed by atoms with Crippen molar-refractivity contribution in [2.45, 2.75) is 125 Å². The second-order valence-electron chi connectivity index (χ2n) is 16.7. The van der Waals surface area contributed by atoms with E-state index in [4.69, 9.17) is 23.4 Å². The van der Waals surface area contributed by atoms with Crippen molar-refractivity contribution in [1.29, 1.82) is 0 Å². The summed E-state index contributed by atoms with van der Waals surface area (Å²) < 4.78 is 29.8. The molecule has 306 valence electrons. The van der Waals surface area contributed by atoms with Gasteiger partial charge in [-0.2, -0.15) is 0 Å². The van der Waals surface area contributed by atoms with Crippen molar-refractivity contribution in [2.75, 3.05) is 26.2 Å². The van der Waals surface area contributed by atoms with E-state index in [1.54, 1.807) is 0 Å². The second-order valence-corrected chi connectivity index (χ2v) is 16.7. The Labute approximate surface area is 334 Å². The van der Waals surface area contributed by atoms with Gasteiger partial charge < -0.3 is 32.1 Å². The number of quaternary nitrogens is 2. The summed E-state index contributed by atoms with van der Waals surface area (Å²) in [4.78, 5) is 49.6. The predicted octanol–water partition coefficient (Wildman–Crippen LogP) is 7.49. The molecule has 0 bridgehead atoms. The van der Waals surface area contributed by atoms with Crippen LogP contribution in [0, 0.1) is 11.8 Å². The molecule has 13 heteroatoms. The van der Waals surface area contributed by atoms with Gasteiger partial charge in [-0.25, -0.2) is 0 Å². The van der Waals surface area contributed by atoms with Crippen molar-refractivity contribution >= 4 is 43.3 Å². The zero-order chi connectivity index (χ0) is 36.8. The standard InChI is InChI=1S/C20H26BNO5.C20H26BNO4.3CH4/c1-14(15-8-4-2-5-9-15)22-12-17(23)26-21(22,27-18(24)13-22)20-19(25-20)16-10-6-3-7-11-16;1-16(18-10-6-3-7-11-18)22-14-19(23)25-21(22,26-20(24)15-22)13-12-17-8-4-2-5-9-17;;;/h3,6-7,10-11,14-15,19-20H,2,4-5,8-9,12-13H2,1H3;2,4-5,8-9,12-13,16,18H,3,6-7,10-11,14-15H2,1H3;3*1H4/b;13-12+;;;/t14-,19?,20?,21?,22?;16-,21?,22?;;;/m00.../s1. The first-order valence-electron chi connectivity index (χ1n) is 19.9. The quantitative estimate of drug-likeness (QED) is 0.199. The van der Waals surface area contributed by atoms with Gasteiger partial charge in [-0.15, -0.1) is 0 Å². The molecule has 4 atom stereocenters. The van der Waals surface area contributed by atoms with Crippen LogP contribution in [0.2, 0.25) is 0 Å². The first kappa shape index (κ1) is 43.2. The lowest BCUT2D eigenvalue weighted by molar-refractivity contribution is -0.846. The van der Waals surface area contributed by atoms with Crippen LogP contribution in [0.1, 0.15) is 118 Å². The third-order valence-electron chi connectivity index (χ3n) is 14.0. The summed E-state index contributed by atoms with van der Waals surface area (Å²) in [5, 5.41) is 0. The SMILES string of the molecule is C.C.C.C[C@@H](C1CCCCC1)[N+]12CC(=O)O[B-]1(/C=C/c1ccccc1)OC(=O)C2.C[C@@H](C1CCCCC1)[N+]12CC(=O)O[B-]1(C1OC1c1ccccc1)OC(=O)C2. The van der Waals surface area contributed by atoms with E-state index in [0.717, 1.165) is 36.8 Å². The minimum atomic E-state index is -2.18. The minimum Gasteiger partial charge on any atom is -0.598 e. The van der Waals surface area contributed by atoms with Crippen molar-refractivity contribution in [3.05, 3.63) is 77.8 Å². The Hall–Kier alpha value is -3.93. The maximum Gasteiger partial charge on any atom is 0.615 e. The van der Waals surface area contributed by atoms with Gasteiger partial charge in [-0.1, -0.05) is 134 Å². The number of hydrogen-bond acceptors (Lipinski definition) is 9. The van der Waals surface area contributed by atoms with Gasteiger partial charge >= 0.3 is 37.3 Å². The molecule has 2 aliphatic carbocycles. The van der Waals surface area contributed by atoms with E-state index in [1.165, 1.54) is 38.5 Å². The van der Waals surface area contributed by atoms with E-state index in [9.17, 15) is 19.2 Å². The summed E-state index contributed by atoms with van der Waals surface area (Å²) in [6, 6.07) is 19.7. The number of rotatable bonds is 8. The van der Waals surface area contributed by atoms with Crippen LogP contribution >= 0.6 is 0 Å². The predicted molar refractivity (Wildman–Crippen MR) is 218 cm³/mol. The van der Waals surface area contributed by atoms with Crippen molar-refractivity contribution in [2.24, 2.45) is 11.8 Å². The Morgan fingerprint density at radius 3 is 1.52 bits per heavy atom. The van der Waals surface area contributed by atoms with E-state index in [0.29, 0.717) is 20.6 Å². The van der Waals surface area contributed by atoms with Crippen LogP contribution in [0.3, 0.4) is 0 Å². The summed E-state index contributed by atoms with van der Waals surface area (Å²) in [5.41, 5.74) is 2.03. The fraction of sp³-hybridized carbons (Fsp3) is 0.581. The normalized spacial score (nSPS) is 34.5. The Bertz CT molecular complexity index is 1710. The molecule has 0 radical (unpaired) electrons. The molecule has 2 saturated carbocycles. The molecule has 56 heavy (non-hydrogen) atoms. The highest BCUT2D eigenvalue weighted by Gasteiger charge is 2.78. The number of epoxide rings is 1. The zero-order valence-corrected chi connectivity index (χ0v) is 31.0. The van der Waals surface area contributed by atoms with Crippen LogP contribution in [0.25, 0.3) is 6.08 Å². The van der Waals surface area contributed by atoms with Crippen molar-refractivity contribution < 1.29 is 51.3 Å². The molecule has 0 aromatic heterocycles. The maximum atomic E-state index is 12.5. The maximum absolute atomic E-state index is 12.5. The topological polar surface area (TPSA) is 118 Å². The molecule has 0 amide bonds. The Balaban J connectivity index is 0.000000204. The van der Waals surface area contributed by atoms with Crippen LogP contribution in [0.4, 0.5) is 0 Å². The Morgan fingerprint density at radius 2 is 1.02 bits per heavy atom. The zero-order valence-electron chi connectivity index (χ0n) is 31.0. The van der Waals surface area contributed by atoms with Crippen LogP contribution < -0.4 is 0 Å². The monoisotopic (exact) mass is 774 g/mol. The van der Waals surface area contributed by atoms with E-state index >= 15 is 0 Å². The fourth-order valence-corrected chi connectivity index (χ4v) is 11.1. The molecule has 9 rings (SSSR count). The first-order valence-corrected chi connectivity index (χ1v) is 19.9. The number of benzene rings is 2. The highest BCUT2D eigenvalue weighted by Crippen LogP contribution is 2.54. The minimum absolute atomic E-state index is 0. The lowest BCUT2D eigenvalue weighted by Gasteiger charge is -2.50. The number of carbonyl (C=O) groups excluding carboxylic acids is 4. The Kier molecular flexibility index (Phi) is 13.0. The molecule has 5 saturated heterocycles. The second kappa shape index (κ2) is 16.9. The molecule has 5 aliphatic heterocycles. The van der Waals surface area contributed by atoms with Gasteiger partial charge in [-0.05, 0) is 50.7 Å². The van der Waals surface area contributed by atoms with E-state index < -0.39 is 13.4 Å². The molecule has 11 nitrogen and oxygen atoms in total. The third-order valence-corrected chi connectivity index (χ3v) is 14.0. The van der Waals surface area contributed by atoms with Crippen LogP contribution in [-0.2, 0) is 42.5 Å². The number of ether oxygens (including phenoxy) is 1. The first-order chi connectivity index (χ1) is 25.6. The van der Waals surface area contributed by atoms with Gasteiger partial charge in [0.1, 0.15) is 32.2 Å². The summed E-state index contributed by atoms with van der Waals surface area (Å²) in [7, 11) is 0. The van der Waals surface area contributed by atoms with Gasteiger partial charge in [0, 0.05) is 11.8 Å². The number of nitrogens with zero attached hydrogens (tertiary/aromatic N) is 2. The average molecular weight is 775 g/mol. The summed E-state index contributed by atoms with van der Waals surface area (Å²) >= 11 is 0. The lowest BCUT2D eigenvalue weighted by Crippen LogP contribution is -2.71. The smallest absolute Gasteiger partial charge is 0.598 e. The Morgan fingerprint density at radius 1 is 0.589 bits per heavy atom.